The van der Waals surface area contributed by atoms with E-state index in [1.807, 2.05) is 28.8 Å². The number of hydrogen-bond donors (Lipinski definition) is 1. The Bertz CT molecular complexity index is 1490. The van der Waals surface area contributed by atoms with Gasteiger partial charge in [-0.1, -0.05) is 43.5 Å². The minimum absolute atomic E-state index is 0.0231. The van der Waals surface area contributed by atoms with E-state index < -0.39 is 26.8 Å². The minimum atomic E-state index is -4.68. The Morgan fingerprint density at radius 2 is 1.69 bits per heavy atom. The molecule has 1 fully saturated rings. The molecule has 2 heterocycles. The highest BCUT2D eigenvalue weighted by Crippen LogP contribution is 2.38. The molecule has 4 aromatic rings. The molecule has 188 valence electrons. The number of rotatable bonds is 6. The molecule has 0 saturated heterocycles. The van der Waals surface area contributed by atoms with Crippen LogP contribution in [-0.2, 0) is 16.3 Å². The van der Waals surface area contributed by atoms with Gasteiger partial charge in [-0.25, -0.2) is 4.98 Å². The molecule has 0 aliphatic heterocycles. The predicted molar refractivity (Wildman–Crippen MR) is 130 cm³/mol. The lowest BCUT2D eigenvalue weighted by atomic mass is 9.95. The van der Waals surface area contributed by atoms with Gasteiger partial charge in [-0.15, -0.1) is 0 Å². The Morgan fingerprint density at radius 1 is 0.944 bits per heavy atom. The van der Waals surface area contributed by atoms with Crippen LogP contribution in [0.25, 0.3) is 16.9 Å². The lowest BCUT2D eigenvalue weighted by Gasteiger charge is -2.24. The summed E-state index contributed by atoms with van der Waals surface area (Å²) in [4.78, 5) is 4.15. The predicted octanol–water partition coefficient (Wildman–Crippen LogP) is 6.53. The van der Waals surface area contributed by atoms with Crippen LogP contribution in [0.4, 0.5) is 19.0 Å². The number of imidazole rings is 1. The first kappa shape index (κ1) is 24.2. The van der Waals surface area contributed by atoms with Crippen molar-refractivity contribution in [1.29, 1.82) is 0 Å². The summed E-state index contributed by atoms with van der Waals surface area (Å²) in [6, 6.07) is 15.8. The summed E-state index contributed by atoms with van der Waals surface area (Å²) in [6.45, 7) is 0. The normalized spacial score (nSPS) is 15.2. The molecule has 0 amide bonds. The van der Waals surface area contributed by atoms with E-state index in [2.05, 4.69) is 5.32 Å². The third kappa shape index (κ3) is 4.90. The van der Waals surface area contributed by atoms with Crippen LogP contribution in [0.15, 0.2) is 77.8 Å². The van der Waals surface area contributed by atoms with Crippen LogP contribution in [0.2, 0.25) is 0 Å². The van der Waals surface area contributed by atoms with Crippen molar-refractivity contribution in [2.75, 3.05) is 5.32 Å². The van der Waals surface area contributed by atoms with Gasteiger partial charge in [0.15, 0.2) is 5.75 Å². The summed E-state index contributed by atoms with van der Waals surface area (Å²) >= 11 is 0. The number of fused-ring (bicyclic) bond motifs is 1. The monoisotopic (exact) mass is 515 g/mol. The maximum Gasteiger partial charge on any atom is 0.416 e. The Kier molecular flexibility index (Phi) is 6.38. The zero-order chi connectivity index (χ0) is 25.3. The largest absolute Gasteiger partial charge is 0.416 e. The van der Waals surface area contributed by atoms with Crippen LogP contribution in [-0.4, -0.2) is 23.8 Å². The summed E-state index contributed by atoms with van der Waals surface area (Å²) in [5.41, 5.74) is 0.512. The number of pyridine rings is 1. The Labute approximate surface area is 206 Å². The van der Waals surface area contributed by atoms with Crippen molar-refractivity contribution in [3.63, 3.8) is 0 Å². The van der Waals surface area contributed by atoms with Gasteiger partial charge in [0.25, 0.3) is 0 Å². The van der Waals surface area contributed by atoms with E-state index in [1.54, 1.807) is 18.2 Å². The van der Waals surface area contributed by atoms with Crippen LogP contribution in [0.3, 0.4) is 0 Å². The maximum absolute atomic E-state index is 13.2. The molecule has 10 heteroatoms. The first-order valence-corrected chi connectivity index (χ1v) is 13.1. The molecule has 2 aromatic heterocycles. The number of nitrogens with zero attached hydrogens (tertiary/aromatic N) is 2. The topological polar surface area (TPSA) is 72.7 Å². The summed E-state index contributed by atoms with van der Waals surface area (Å²) in [5, 5.41) is 3.59. The fourth-order valence-electron chi connectivity index (χ4n) is 4.49. The van der Waals surface area contributed by atoms with Gasteiger partial charge < -0.3 is 9.50 Å². The Morgan fingerprint density at radius 3 is 2.47 bits per heavy atom. The molecule has 1 N–H and O–H groups in total. The van der Waals surface area contributed by atoms with E-state index in [4.69, 9.17) is 9.17 Å². The summed E-state index contributed by atoms with van der Waals surface area (Å²) in [5.74, 6) is 0.690. The number of anilines is 1. The summed E-state index contributed by atoms with van der Waals surface area (Å²) in [6.07, 6.45) is 2.67. The molecule has 0 spiro atoms. The second-order valence-corrected chi connectivity index (χ2v) is 10.3. The molecule has 1 aliphatic carbocycles. The first-order valence-electron chi connectivity index (χ1n) is 11.7. The second kappa shape index (κ2) is 9.50. The van der Waals surface area contributed by atoms with Gasteiger partial charge in [0.05, 0.1) is 5.56 Å². The van der Waals surface area contributed by atoms with Gasteiger partial charge in [0.2, 0.25) is 0 Å². The number of halogens is 3. The summed E-state index contributed by atoms with van der Waals surface area (Å²) < 4.78 is 72.8. The molecule has 0 atom stereocenters. The number of nitrogens with one attached hydrogen (secondary N) is 1. The van der Waals surface area contributed by atoms with Crippen molar-refractivity contribution in [1.82, 2.24) is 9.38 Å². The number of alkyl halides is 3. The van der Waals surface area contributed by atoms with E-state index >= 15 is 0 Å². The average molecular weight is 516 g/mol. The van der Waals surface area contributed by atoms with Gasteiger partial charge in [-0.05, 0) is 55.3 Å². The second-order valence-electron chi connectivity index (χ2n) is 8.78. The molecule has 1 saturated carbocycles. The van der Waals surface area contributed by atoms with Crippen molar-refractivity contribution in [3.05, 3.63) is 78.5 Å². The SMILES string of the molecule is O=S(=O)(Oc1ccccc1-c1nc2ccccn2c1NC1CCCCC1)c1cccc(C(F)(F)F)c1. The van der Waals surface area contributed by atoms with Gasteiger partial charge >= 0.3 is 16.3 Å². The highest BCUT2D eigenvalue weighted by atomic mass is 32.2. The molecule has 0 unspecified atom stereocenters. The molecule has 0 bridgehead atoms. The molecule has 2 aromatic carbocycles. The van der Waals surface area contributed by atoms with Crippen molar-refractivity contribution in [3.8, 4) is 17.0 Å². The highest BCUT2D eigenvalue weighted by molar-refractivity contribution is 7.87. The van der Waals surface area contributed by atoms with Crippen LogP contribution in [0, 0.1) is 0 Å². The molecule has 36 heavy (non-hydrogen) atoms. The molecule has 1 aliphatic rings. The van der Waals surface area contributed by atoms with E-state index in [-0.39, 0.29) is 11.8 Å². The zero-order valence-electron chi connectivity index (χ0n) is 19.2. The molecular weight excluding hydrogens is 491 g/mol. The first-order chi connectivity index (χ1) is 17.2. The quantitative estimate of drug-likeness (QED) is 0.296. The zero-order valence-corrected chi connectivity index (χ0v) is 20.0. The smallest absolute Gasteiger partial charge is 0.378 e. The number of para-hydroxylation sites is 1. The van der Waals surface area contributed by atoms with Crippen LogP contribution in [0.1, 0.15) is 37.7 Å². The standard InChI is InChI=1S/C26H24F3N3O3S/c27-26(28,29)18-9-8-12-20(17-18)36(33,34)35-22-14-5-4-13-21(22)24-25(30-19-10-2-1-3-11-19)32-16-7-6-15-23(32)31-24/h4-9,12-17,19,30H,1-3,10-11H2. The van der Waals surface area contributed by atoms with Crippen molar-refractivity contribution in [2.24, 2.45) is 0 Å². The van der Waals surface area contributed by atoms with Gasteiger partial charge in [0.1, 0.15) is 22.1 Å². The van der Waals surface area contributed by atoms with Crippen molar-refractivity contribution in [2.45, 2.75) is 49.2 Å². The van der Waals surface area contributed by atoms with Crippen LogP contribution in [0.5, 0.6) is 5.75 Å². The Balaban J connectivity index is 1.55. The van der Waals surface area contributed by atoms with Crippen molar-refractivity contribution >= 4 is 21.6 Å². The molecule has 5 rings (SSSR count). The van der Waals surface area contributed by atoms with Gasteiger partial charge in [0, 0.05) is 17.8 Å². The van der Waals surface area contributed by atoms with Crippen LogP contribution >= 0.6 is 0 Å². The lowest BCUT2D eigenvalue weighted by molar-refractivity contribution is -0.137. The number of aromatic nitrogens is 2. The van der Waals surface area contributed by atoms with E-state index in [0.29, 0.717) is 28.8 Å². The molecule has 0 radical (unpaired) electrons. The summed E-state index contributed by atoms with van der Waals surface area (Å²) in [7, 11) is -4.55. The Hall–Kier alpha value is -3.53. The van der Waals surface area contributed by atoms with Gasteiger partial charge in [-0.3, -0.25) is 4.40 Å². The van der Waals surface area contributed by atoms with E-state index in [1.165, 1.54) is 12.5 Å². The number of hydrogen-bond acceptors (Lipinski definition) is 5. The van der Waals surface area contributed by atoms with Gasteiger partial charge in [-0.2, -0.15) is 21.6 Å². The third-order valence-corrected chi connectivity index (χ3v) is 7.50. The fraction of sp³-hybridized carbons (Fsp3) is 0.269. The van der Waals surface area contributed by atoms with E-state index in [0.717, 1.165) is 43.9 Å². The fourth-order valence-corrected chi connectivity index (χ4v) is 5.49. The highest BCUT2D eigenvalue weighted by Gasteiger charge is 2.32. The molecule has 6 nitrogen and oxygen atoms in total. The van der Waals surface area contributed by atoms with E-state index in [9.17, 15) is 21.6 Å². The number of benzene rings is 2. The average Bonchev–Trinajstić information content (AvgIpc) is 3.22. The minimum Gasteiger partial charge on any atom is -0.378 e. The molecular formula is C26H24F3N3O3S. The van der Waals surface area contributed by atoms with Crippen LogP contribution < -0.4 is 9.50 Å². The lowest BCUT2D eigenvalue weighted by Crippen LogP contribution is -2.23. The third-order valence-electron chi connectivity index (χ3n) is 6.27. The van der Waals surface area contributed by atoms with Crippen molar-refractivity contribution < 1.29 is 25.8 Å². The maximum atomic E-state index is 13.2.